The lowest BCUT2D eigenvalue weighted by molar-refractivity contribution is -0.134. The Labute approximate surface area is 231 Å². The van der Waals surface area contributed by atoms with Crippen molar-refractivity contribution in [3.05, 3.63) is 34.9 Å². The molecule has 4 rings (SSSR count). The van der Waals surface area contributed by atoms with E-state index in [1.807, 2.05) is 0 Å². The van der Waals surface area contributed by atoms with E-state index in [9.17, 15) is 4.79 Å². The maximum Gasteiger partial charge on any atom is 0.311 e. The molecule has 0 bridgehead atoms. The minimum atomic E-state index is -0.261. The second-order valence-corrected chi connectivity index (χ2v) is 12.6. The van der Waals surface area contributed by atoms with E-state index in [0.717, 1.165) is 69.2 Å². The number of nitrogens with zero attached hydrogens (tertiary/aromatic N) is 1. The van der Waals surface area contributed by atoms with Crippen LogP contribution in [0.25, 0.3) is 0 Å². The van der Waals surface area contributed by atoms with Gasteiger partial charge in [-0.05, 0) is 76.1 Å². The minimum absolute atomic E-state index is 0.134. The first-order chi connectivity index (χ1) is 18.2. The summed E-state index contributed by atoms with van der Waals surface area (Å²) in [6.45, 7) is 18.0. The van der Waals surface area contributed by atoms with E-state index in [2.05, 4.69) is 64.7 Å². The molecule has 0 N–H and O–H groups in total. The molecule has 4 unspecified atom stereocenters. The Morgan fingerprint density at radius 3 is 2.66 bits per heavy atom. The second-order valence-electron chi connectivity index (χ2n) is 12.6. The summed E-state index contributed by atoms with van der Waals surface area (Å²) in [5.74, 6) is 3.13. The first-order valence-electron chi connectivity index (χ1n) is 15.2. The van der Waals surface area contributed by atoms with Crippen LogP contribution in [0.15, 0.2) is 23.8 Å². The average Bonchev–Trinajstić information content (AvgIpc) is 2.88. The average molecular weight is 526 g/mol. The maximum absolute atomic E-state index is 13.2. The van der Waals surface area contributed by atoms with Crippen LogP contribution < -0.4 is 9.47 Å². The van der Waals surface area contributed by atoms with E-state index in [4.69, 9.17) is 14.2 Å². The molecular weight excluding hydrogens is 474 g/mol. The maximum atomic E-state index is 13.2. The highest BCUT2D eigenvalue weighted by atomic mass is 16.5. The zero-order valence-electron chi connectivity index (χ0n) is 24.8. The number of hydrogen-bond donors (Lipinski definition) is 0. The molecule has 2 heterocycles. The number of allylic oxidation sites excluding steroid dienone is 2. The number of esters is 1. The van der Waals surface area contributed by atoms with E-state index < -0.39 is 0 Å². The monoisotopic (exact) mass is 525 g/mol. The summed E-state index contributed by atoms with van der Waals surface area (Å²) in [7, 11) is 0. The second kappa shape index (κ2) is 13.0. The molecule has 1 aromatic carbocycles. The van der Waals surface area contributed by atoms with Gasteiger partial charge in [0.1, 0.15) is 17.1 Å². The summed E-state index contributed by atoms with van der Waals surface area (Å²) >= 11 is 0. The molecule has 3 aliphatic rings. The van der Waals surface area contributed by atoms with Crippen LogP contribution in [0.1, 0.15) is 116 Å². The summed E-state index contributed by atoms with van der Waals surface area (Å²) in [5, 5.41) is 0. The molecule has 1 saturated heterocycles. The summed E-state index contributed by atoms with van der Waals surface area (Å²) < 4.78 is 18.4. The van der Waals surface area contributed by atoms with Crippen molar-refractivity contribution in [3.8, 4) is 11.5 Å². The van der Waals surface area contributed by atoms with Crippen molar-refractivity contribution >= 4 is 5.97 Å². The molecule has 4 atom stereocenters. The van der Waals surface area contributed by atoms with Crippen molar-refractivity contribution in [1.82, 2.24) is 4.90 Å². The molecule has 38 heavy (non-hydrogen) atoms. The fourth-order valence-corrected chi connectivity index (χ4v) is 6.65. The molecule has 0 radical (unpaired) electrons. The highest BCUT2D eigenvalue weighted by molar-refractivity contribution is 5.73. The van der Waals surface area contributed by atoms with Gasteiger partial charge in [-0.15, -0.1) is 0 Å². The molecule has 0 spiro atoms. The van der Waals surface area contributed by atoms with E-state index in [1.54, 1.807) is 0 Å². The van der Waals surface area contributed by atoms with Gasteiger partial charge >= 0.3 is 5.97 Å². The Morgan fingerprint density at radius 1 is 1.16 bits per heavy atom. The molecule has 212 valence electrons. The third-order valence-corrected chi connectivity index (χ3v) is 9.34. The number of carbonyl (C=O) groups excluding carboxylic acids is 1. The number of hydrogen-bond acceptors (Lipinski definition) is 5. The fraction of sp³-hybridized carbons (Fsp3) is 0.727. The number of fused-ring (bicyclic) bond motifs is 3. The van der Waals surface area contributed by atoms with Crippen molar-refractivity contribution < 1.29 is 19.0 Å². The minimum Gasteiger partial charge on any atom is -0.487 e. The van der Waals surface area contributed by atoms with Crippen LogP contribution in [0.2, 0.25) is 0 Å². The van der Waals surface area contributed by atoms with Crippen molar-refractivity contribution in [1.29, 1.82) is 0 Å². The van der Waals surface area contributed by atoms with Gasteiger partial charge in [-0.2, -0.15) is 0 Å². The Balaban J connectivity index is 1.58. The lowest BCUT2D eigenvalue weighted by atomic mass is 9.67. The first-order valence-corrected chi connectivity index (χ1v) is 15.2. The van der Waals surface area contributed by atoms with Crippen molar-refractivity contribution in [2.45, 2.75) is 110 Å². The van der Waals surface area contributed by atoms with Gasteiger partial charge < -0.3 is 14.2 Å². The topological polar surface area (TPSA) is 48.0 Å². The summed E-state index contributed by atoms with van der Waals surface area (Å²) in [6.07, 6.45) is 10.6. The van der Waals surface area contributed by atoms with Gasteiger partial charge in [0.15, 0.2) is 0 Å². The molecule has 1 fully saturated rings. The lowest BCUT2D eigenvalue weighted by Crippen LogP contribution is -2.45. The first kappa shape index (κ1) is 29.1. The number of unbranched alkanes of at least 4 members (excludes halogenated alkanes) is 2. The predicted molar refractivity (Wildman–Crippen MR) is 154 cm³/mol. The van der Waals surface area contributed by atoms with Crippen LogP contribution in [0.3, 0.4) is 0 Å². The Hall–Kier alpha value is -1.85. The molecule has 5 heteroatoms. The quantitative estimate of drug-likeness (QED) is 0.129. The molecule has 0 amide bonds. The van der Waals surface area contributed by atoms with Gasteiger partial charge in [0.2, 0.25) is 0 Å². The molecule has 1 aromatic rings. The lowest BCUT2D eigenvalue weighted by Gasteiger charge is -2.47. The molecule has 0 saturated carbocycles. The summed E-state index contributed by atoms with van der Waals surface area (Å²) in [4.78, 5) is 15.5. The zero-order chi connectivity index (χ0) is 27.3. The van der Waals surface area contributed by atoms with E-state index >= 15 is 0 Å². The van der Waals surface area contributed by atoms with Crippen LogP contribution in [0.4, 0.5) is 0 Å². The molecular formula is C33H51NO4. The standard InChI is InChI=1S/C33H51NO4/c1-7-8-9-11-24(3)25(4)26-21-29(37-31(35)12-10-15-34-16-18-36-19-17-34)32-27-20-23(2)13-14-28(27)33(5,6)38-30(32)22-26/h13,21-22,24-25,27-28H,7-12,14-20H2,1-6H3. The summed E-state index contributed by atoms with van der Waals surface area (Å²) in [6, 6.07) is 4.43. The van der Waals surface area contributed by atoms with Crippen molar-refractivity contribution in [2.24, 2.45) is 11.8 Å². The van der Waals surface area contributed by atoms with Crippen molar-refractivity contribution in [2.75, 3.05) is 32.8 Å². The molecule has 2 aliphatic heterocycles. The van der Waals surface area contributed by atoms with Gasteiger partial charge in [0.25, 0.3) is 0 Å². The van der Waals surface area contributed by atoms with E-state index in [0.29, 0.717) is 30.1 Å². The Morgan fingerprint density at radius 2 is 1.92 bits per heavy atom. The third kappa shape index (κ3) is 7.01. The number of morpholine rings is 1. The van der Waals surface area contributed by atoms with Crippen LogP contribution in [-0.2, 0) is 9.53 Å². The normalized spacial score (nSPS) is 24.4. The van der Waals surface area contributed by atoms with Crippen LogP contribution in [-0.4, -0.2) is 49.3 Å². The largest absolute Gasteiger partial charge is 0.487 e. The highest BCUT2D eigenvalue weighted by Crippen LogP contribution is 2.55. The van der Waals surface area contributed by atoms with Crippen LogP contribution >= 0.6 is 0 Å². The molecule has 1 aliphatic carbocycles. The Bertz CT molecular complexity index is 977. The van der Waals surface area contributed by atoms with E-state index in [1.165, 1.54) is 36.8 Å². The van der Waals surface area contributed by atoms with Gasteiger partial charge in [-0.25, -0.2) is 0 Å². The number of rotatable bonds is 11. The van der Waals surface area contributed by atoms with Crippen molar-refractivity contribution in [3.63, 3.8) is 0 Å². The van der Waals surface area contributed by atoms with Gasteiger partial charge in [-0.1, -0.05) is 58.1 Å². The molecule has 5 nitrogen and oxygen atoms in total. The SMILES string of the molecule is CCCCCC(C)C(C)c1cc(OC(=O)CCCN2CCOCC2)c2c(c1)OC(C)(C)C1CC=C(C)CC21. The zero-order valence-corrected chi connectivity index (χ0v) is 24.8. The van der Waals surface area contributed by atoms with Gasteiger partial charge in [0, 0.05) is 36.9 Å². The third-order valence-electron chi connectivity index (χ3n) is 9.34. The number of benzene rings is 1. The van der Waals surface area contributed by atoms with Crippen LogP contribution in [0.5, 0.6) is 11.5 Å². The smallest absolute Gasteiger partial charge is 0.311 e. The number of ether oxygens (including phenoxy) is 3. The van der Waals surface area contributed by atoms with Gasteiger partial charge in [-0.3, -0.25) is 9.69 Å². The molecule has 0 aromatic heterocycles. The van der Waals surface area contributed by atoms with Gasteiger partial charge in [0.05, 0.1) is 13.2 Å². The van der Waals surface area contributed by atoms with Crippen LogP contribution in [0, 0.1) is 11.8 Å². The summed E-state index contributed by atoms with van der Waals surface area (Å²) in [5.41, 5.74) is 3.49. The van der Waals surface area contributed by atoms with E-state index in [-0.39, 0.29) is 11.6 Å². The number of carbonyl (C=O) groups is 1. The predicted octanol–water partition coefficient (Wildman–Crippen LogP) is 7.64. The highest BCUT2D eigenvalue weighted by Gasteiger charge is 2.46. The fourth-order valence-electron chi connectivity index (χ4n) is 6.65. The Kier molecular flexibility index (Phi) is 9.97.